The van der Waals surface area contributed by atoms with Crippen molar-refractivity contribution in [2.24, 2.45) is 0 Å². The van der Waals surface area contributed by atoms with Crippen molar-refractivity contribution >= 4 is 0 Å². The van der Waals surface area contributed by atoms with Gasteiger partial charge >= 0.3 is 0 Å². The molecule has 2 fully saturated rings. The largest absolute Gasteiger partial charge is 0.313 e. The molecule has 0 spiro atoms. The van der Waals surface area contributed by atoms with Gasteiger partial charge in [0.2, 0.25) is 0 Å². The van der Waals surface area contributed by atoms with Crippen molar-refractivity contribution < 1.29 is 0 Å². The van der Waals surface area contributed by atoms with Gasteiger partial charge in [0, 0.05) is 44.8 Å². The van der Waals surface area contributed by atoms with E-state index < -0.39 is 0 Å². The highest BCUT2D eigenvalue weighted by Gasteiger charge is 2.22. The summed E-state index contributed by atoms with van der Waals surface area (Å²) in [6.45, 7) is 12.1. The number of rotatable bonds is 3. The lowest BCUT2D eigenvalue weighted by atomic mass is 10.2. The van der Waals surface area contributed by atoms with Gasteiger partial charge in [-0.05, 0) is 33.2 Å². The van der Waals surface area contributed by atoms with Gasteiger partial charge in [-0.15, -0.1) is 0 Å². The van der Waals surface area contributed by atoms with Gasteiger partial charge in [-0.2, -0.15) is 0 Å². The summed E-state index contributed by atoms with van der Waals surface area (Å²) >= 11 is 0. The second kappa shape index (κ2) is 5.28. The van der Waals surface area contributed by atoms with E-state index >= 15 is 0 Å². The number of hydrogen-bond donors (Lipinski definition) is 1. The standard InChI is InChI=1S/C12H25N3/c1-11(2)15-8-6-14(7-9-15)10-12-4-3-5-13-12/h11-13H,3-10H2,1-2H3/t12-/m1/s1. The SMILES string of the molecule is CC(C)N1CCN(C[C@H]2CCCN2)CC1. The van der Waals surface area contributed by atoms with Crippen molar-refractivity contribution in [2.45, 2.75) is 38.8 Å². The first-order valence-electron chi connectivity index (χ1n) is 6.45. The van der Waals surface area contributed by atoms with Crippen LogP contribution in [0, 0.1) is 0 Å². The minimum Gasteiger partial charge on any atom is -0.313 e. The van der Waals surface area contributed by atoms with Crippen molar-refractivity contribution in [3.63, 3.8) is 0 Å². The monoisotopic (exact) mass is 211 g/mol. The molecule has 0 bridgehead atoms. The van der Waals surface area contributed by atoms with Crippen LogP contribution < -0.4 is 5.32 Å². The molecule has 2 saturated heterocycles. The van der Waals surface area contributed by atoms with E-state index in [-0.39, 0.29) is 0 Å². The third kappa shape index (κ3) is 3.16. The molecule has 0 aliphatic carbocycles. The van der Waals surface area contributed by atoms with Gasteiger partial charge in [-0.1, -0.05) is 0 Å². The van der Waals surface area contributed by atoms with Crippen molar-refractivity contribution in [1.82, 2.24) is 15.1 Å². The summed E-state index contributed by atoms with van der Waals surface area (Å²) in [7, 11) is 0. The Balaban J connectivity index is 1.68. The van der Waals surface area contributed by atoms with Crippen LogP contribution in [0.4, 0.5) is 0 Å². The lowest BCUT2D eigenvalue weighted by Crippen LogP contribution is -2.51. The molecule has 1 atom stereocenters. The highest BCUT2D eigenvalue weighted by Crippen LogP contribution is 2.10. The normalized spacial score (nSPS) is 30.2. The zero-order chi connectivity index (χ0) is 10.7. The fourth-order valence-electron chi connectivity index (χ4n) is 2.69. The van der Waals surface area contributed by atoms with Crippen LogP contribution in [0.25, 0.3) is 0 Å². The molecular weight excluding hydrogens is 186 g/mol. The Morgan fingerprint density at radius 3 is 2.47 bits per heavy atom. The Morgan fingerprint density at radius 1 is 1.20 bits per heavy atom. The van der Waals surface area contributed by atoms with Gasteiger partial charge in [0.05, 0.1) is 0 Å². The highest BCUT2D eigenvalue weighted by molar-refractivity contribution is 4.81. The lowest BCUT2D eigenvalue weighted by Gasteiger charge is -2.37. The minimum absolute atomic E-state index is 0.719. The van der Waals surface area contributed by atoms with E-state index in [9.17, 15) is 0 Å². The van der Waals surface area contributed by atoms with Crippen LogP contribution >= 0.6 is 0 Å². The van der Waals surface area contributed by atoms with Gasteiger partial charge < -0.3 is 5.32 Å². The van der Waals surface area contributed by atoms with Crippen LogP contribution in [0.1, 0.15) is 26.7 Å². The summed E-state index contributed by atoms with van der Waals surface area (Å²) < 4.78 is 0. The molecule has 3 nitrogen and oxygen atoms in total. The Kier molecular flexibility index (Phi) is 4.00. The van der Waals surface area contributed by atoms with E-state index in [0.29, 0.717) is 0 Å². The van der Waals surface area contributed by atoms with E-state index in [1.54, 1.807) is 0 Å². The molecule has 0 saturated carbocycles. The van der Waals surface area contributed by atoms with Crippen LogP contribution in [-0.4, -0.2) is 61.2 Å². The first-order chi connectivity index (χ1) is 7.25. The van der Waals surface area contributed by atoms with Crippen LogP contribution in [0.3, 0.4) is 0 Å². The summed E-state index contributed by atoms with van der Waals surface area (Å²) in [4.78, 5) is 5.21. The number of piperazine rings is 1. The fourth-order valence-corrected chi connectivity index (χ4v) is 2.69. The predicted octanol–water partition coefficient (Wildman–Crippen LogP) is 0.764. The summed E-state index contributed by atoms with van der Waals surface area (Å²) in [5, 5.41) is 3.58. The van der Waals surface area contributed by atoms with Crippen LogP contribution in [0.15, 0.2) is 0 Å². The molecule has 0 amide bonds. The van der Waals surface area contributed by atoms with Gasteiger partial charge in [-0.3, -0.25) is 9.80 Å². The smallest absolute Gasteiger partial charge is 0.0195 e. The molecular formula is C12H25N3. The molecule has 0 radical (unpaired) electrons. The minimum atomic E-state index is 0.719. The van der Waals surface area contributed by atoms with Crippen LogP contribution in [0.5, 0.6) is 0 Å². The summed E-state index contributed by atoms with van der Waals surface area (Å²) in [6.07, 6.45) is 2.75. The average Bonchev–Trinajstić information content (AvgIpc) is 2.71. The zero-order valence-corrected chi connectivity index (χ0v) is 10.2. The second-order valence-electron chi connectivity index (χ2n) is 5.22. The fraction of sp³-hybridized carbons (Fsp3) is 1.00. The van der Waals surface area contributed by atoms with Crippen LogP contribution in [0.2, 0.25) is 0 Å². The van der Waals surface area contributed by atoms with E-state index in [1.165, 1.54) is 52.1 Å². The molecule has 0 aromatic carbocycles. The molecule has 3 heteroatoms. The molecule has 15 heavy (non-hydrogen) atoms. The van der Waals surface area contributed by atoms with Crippen molar-refractivity contribution in [3.8, 4) is 0 Å². The highest BCUT2D eigenvalue weighted by atomic mass is 15.3. The first kappa shape index (κ1) is 11.4. The molecule has 2 aliphatic heterocycles. The van der Waals surface area contributed by atoms with Crippen molar-refractivity contribution in [3.05, 3.63) is 0 Å². The maximum absolute atomic E-state index is 3.58. The molecule has 2 heterocycles. The summed E-state index contributed by atoms with van der Waals surface area (Å²) in [5.74, 6) is 0. The summed E-state index contributed by atoms with van der Waals surface area (Å²) in [6, 6.07) is 1.49. The molecule has 2 rings (SSSR count). The average molecular weight is 211 g/mol. The lowest BCUT2D eigenvalue weighted by molar-refractivity contribution is 0.103. The topological polar surface area (TPSA) is 18.5 Å². The zero-order valence-electron chi connectivity index (χ0n) is 10.2. The Hall–Kier alpha value is -0.120. The van der Waals surface area contributed by atoms with E-state index in [2.05, 4.69) is 29.0 Å². The molecule has 1 N–H and O–H groups in total. The van der Waals surface area contributed by atoms with Crippen molar-refractivity contribution in [1.29, 1.82) is 0 Å². The first-order valence-corrected chi connectivity index (χ1v) is 6.45. The van der Waals surface area contributed by atoms with Gasteiger partial charge in [0.15, 0.2) is 0 Å². The van der Waals surface area contributed by atoms with Gasteiger partial charge in [-0.25, -0.2) is 0 Å². The molecule has 0 aromatic heterocycles. The van der Waals surface area contributed by atoms with Gasteiger partial charge in [0.1, 0.15) is 0 Å². The molecule has 2 aliphatic rings. The Morgan fingerprint density at radius 2 is 1.93 bits per heavy atom. The quantitative estimate of drug-likeness (QED) is 0.744. The third-order valence-corrected chi connectivity index (χ3v) is 3.78. The number of nitrogens with zero attached hydrogens (tertiary/aromatic N) is 2. The molecule has 88 valence electrons. The molecule has 0 aromatic rings. The maximum atomic E-state index is 3.58. The van der Waals surface area contributed by atoms with Crippen molar-refractivity contribution in [2.75, 3.05) is 39.3 Å². The van der Waals surface area contributed by atoms with Gasteiger partial charge in [0.25, 0.3) is 0 Å². The number of hydrogen-bond acceptors (Lipinski definition) is 3. The summed E-state index contributed by atoms with van der Waals surface area (Å²) in [5.41, 5.74) is 0. The Labute approximate surface area is 93.8 Å². The van der Waals surface area contributed by atoms with E-state index in [1.807, 2.05) is 0 Å². The van der Waals surface area contributed by atoms with Crippen LogP contribution in [-0.2, 0) is 0 Å². The maximum Gasteiger partial charge on any atom is 0.0195 e. The predicted molar refractivity (Wildman–Crippen MR) is 64.2 cm³/mol. The molecule has 0 unspecified atom stereocenters. The number of nitrogens with one attached hydrogen (secondary N) is 1. The van der Waals surface area contributed by atoms with E-state index in [0.717, 1.165) is 12.1 Å². The Bertz CT molecular complexity index is 179. The third-order valence-electron chi connectivity index (χ3n) is 3.78. The van der Waals surface area contributed by atoms with E-state index in [4.69, 9.17) is 0 Å². The second-order valence-corrected chi connectivity index (χ2v) is 5.22.